The molecule has 4 nitrogen and oxygen atoms in total. The Morgan fingerprint density at radius 1 is 1.26 bits per heavy atom. The summed E-state index contributed by atoms with van der Waals surface area (Å²) in [5, 5.41) is 2.80. The molecule has 0 amide bonds. The summed E-state index contributed by atoms with van der Waals surface area (Å²) >= 11 is 1.22. The monoisotopic (exact) mass is 403 g/mol. The molecule has 0 saturated heterocycles. The molecule has 0 spiro atoms. The number of hydrogen-bond donors (Lipinski definition) is 1. The van der Waals surface area contributed by atoms with E-state index in [1.54, 1.807) is 17.5 Å². The smallest absolute Gasteiger partial charge is 0.271 e. The number of nitrogens with one attached hydrogen (secondary N) is 1. The van der Waals surface area contributed by atoms with Crippen LogP contribution in [0.3, 0.4) is 0 Å². The minimum atomic E-state index is -3.56. The third-order valence-electron chi connectivity index (χ3n) is 5.62. The molecule has 2 aromatic heterocycles. The average Bonchev–Trinajstić information content (AvgIpc) is 3.22. The number of anilines is 1. The highest BCUT2D eigenvalue weighted by atomic mass is 32.2. The topological polar surface area (TPSA) is 59.3 Å². The first-order chi connectivity index (χ1) is 12.6. The van der Waals surface area contributed by atoms with Gasteiger partial charge in [-0.15, -0.1) is 11.3 Å². The van der Waals surface area contributed by atoms with Gasteiger partial charge >= 0.3 is 0 Å². The maximum absolute atomic E-state index is 12.6. The zero-order valence-electron chi connectivity index (χ0n) is 16.1. The highest BCUT2D eigenvalue weighted by molar-refractivity contribution is 7.94. The third kappa shape index (κ3) is 3.41. The molecule has 0 aliphatic heterocycles. The molecule has 1 atom stereocenters. The number of thiophene rings is 1. The Labute approximate surface area is 164 Å². The fourth-order valence-corrected chi connectivity index (χ4v) is 6.00. The molecule has 1 unspecified atom stereocenters. The van der Waals surface area contributed by atoms with Gasteiger partial charge in [-0.25, -0.2) is 8.42 Å². The van der Waals surface area contributed by atoms with Gasteiger partial charge in [0.15, 0.2) is 0 Å². The third-order valence-corrected chi connectivity index (χ3v) is 8.38. The van der Waals surface area contributed by atoms with Crippen molar-refractivity contribution in [3.8, 4) is 0 Å². The first-order valence-electron chi connectivity index (χ1n) is 9.26. The van der Waals surface area contributed by atoms with Crippen LogP contribution in [0.15, 0.2) is 38.3 Å². The molecule has 4 rings (SSSR count). The molecule has 0 fully saturated rings. The van der Waals surface area contributed by atoms with Crippen LogP contribution in [0.25, 0.3) is 11.0 Å². The van der Waals surface area contributed by atoms with E-state index in [9.17, 15) is 8.42 Å². The Kier molecular flexibility index (Phi) is 4.39. The summed E-state index contributed by atoms with van der Waals surface area (Å²) in [6.45, 7) is 8.77. The average molecular weight is 404 g/mol. The summed E-state index contributed by atoms with van der Waals surface area (Å²) in [5.41, 5.74) is 3.83. The molecule has 144 valence electrons. The quantitative estimate of drug-likeness (QED) is 0.605. The highest BCUT2D eigenvalue weighted by Gasteiger charge is 2.32. The van der Waals surface area contributed by atoms with Gasteiger partial charge in [-0.2, -0.15) is 0 Å². The lowest BCUT2D eigenvalue weighted by Gasteiger charge is -2.33. The Morgan fingerprint density at radius 2 is 2.04 bits per heavy atom. The molecule has 1 aromatic carbocycles. The molecule has 1 N–H and O–H groups in total. The molecule has 6 heteroatoms. The first kappa shape index (κ1) is 18.6. The van der Waals surface area contributed by atoms with E-state index in [2.05, 4.69) is 25.5 Å². The lowest BCUT2D eigenvalue weighted by atomic mass is 9.71. The SMILES string of the molecule is Cc1cc2oc3c(c2cc1NS(=O)(=O)c1cccs1)CC(C(C)(C)C)CC3. The van der Waals surface area contributed by atoms with Gasteiger partial charge in [0.25, 0.3) is 10.0 Å². The molecular formula is C21H25NO3S2. The maximum atomic E-state index is 12.6. The van der Waals surface area contributed by atoms with E-state index in [0.29, 0.717) is 15.8 Å². The minimum absolute atomic E-state index is 0.246. The Hall–Kier alpha value is -1.79. The van der Waals surface area contributed by atoms with E-state index in [1.165, 1.54) is 16.9 Å². The van der Waals surface area contributed by atoms with Crippen molar-refractivity contribution < 1.29 is 12.8 Å². The zero-order valence-corrected chi connectivity index (χ0v) is 17.8. The Balaban J connectivity index is 1.75. The number of furan rings is 1. The fraction of sp³-hybridized carbons (Fsp3) is 0.429. The summed E-state index contributed by atoms with van der Waals surface area (Å²) in [6.07, 6.45) is 3.06. The van der Waals surface area contributed by atoms with Gasteiger partial charge in [0.05, 0.1) is 5.69 Å². The number of aryl methyl sites for hydroxylation is 2. The molecule has 0 saturated carbocycles. The van der Waals surface area contributed by atoms with E-state index >= 15 is 0 Å². The molecular weight excluding hydrogens is 378 g/mol. The molecule has 1 aliphatic carbocycles. The van der Waals surface area contributed by atoms with Gasteiger partial charge in [-0.3, -0.25) is 4.72 Å². The van der Waals surface area contributed by atoms with Gasteiger partial charge in [0.2, 0.25) is 0 Å². The van der Waals surface area contributed by atoms with Crippen molar-refractivity contribution in [2.24, 2.45) is 11.3 Å². The highest BCUT2D eigenvalue weighted by Crippen LogP contribution is 2.42. The van der Waals surface area contributed by atoms with Crippen molar-refractivity contribution in [3.05, 3.63) is 46.5 Å². The second kappa shape index (κ2) is 6.38. The van der Waals surface area contributed by atoms with Crippen molar-refractivity contribution >= 4 is 38.0 Å². The van der Waals surface area contributed by atoms with E-state index < -0.39 is 10.0 Å². The molecule has 1 aliphatic rings. The van der Waals surface area contributed by atoms with Gasteiger partial charge < -0.3 is 4.42 Å². The Bertz CT molecular complexity index is 1090. The van der Waals surface area contributed by atoms with Gasteiger partial charge in [0, 0.05) is 17.4 Å². The van der Waals surface area contributed by atoms with Crippen molar-refractivity contribution in [2.45, 2.75) is 51.2 Å². The minimum Gasteiger partial charge on any atom is -0.461 e. The van der Waals surface area contributed by atoms with Crippen molar-refractivity contribution in [3.63, 3.8) is 0 Å². The van der Waals surface area contributed by atoms with Crippen LogP contribution in [0.2, 0.25) is 0 Å². The van der Waals surface area contributed by atoms with Crippen LogP contribution < -0.4 is 4.72 Å². The zero-order chi connectivity index (χ0) is 19.4. The molecule has 27 heavy (non-hydrogen) atoms. The standard InChI is InChI=1S/C21H25NO3S2/c1-13-10-19-16(12-17(13)22-27(23,24)20-6-5-9-26-20)15-11-14(21(2,3)4)7-8-18(15)25-19/h5-6,9-10,12,14,22H,7-8,11H2,1-4H3. The van der Waals surface area contributed by atoms with Gasteiger partial charge in [-0.1, -0.05) is 26.8 Å². The number of rotatable bonds is 3. The van der Waals surface area contributed by atoms with Crippen molar-refractivity contribution in [2.75, 3.05) is 4.72 Å². The van der Waals surface area contributed by atoms with Crippen LogP contribution in [0.4, 0.5) is 5.69 Å². The number of benzene rings is 1. The predicted octanol–water partition coefficient (Wildman–Crippen LogP) is 5.75. The number of hydrogen-bond acceptors (Lipinski definition) is 4. The largest absolute Gasteiger partial charge is 0.461 e. The van der Waals surface area contributed by atoms with E-state index in [4.69, 9.17) is 4.42 Å². The van der Waals surface area contributed by atoms with Crippen LogP contribution in [-0.2, 0) is 22.9 Å². The first-order valence-corrected chi connectivity index (χ1v) is 11.6. The lowest BCUT2D eigenvalue weighted by molar-refractivity contribution is 0.210. The summed E-state index contributed by atoms with van der Waals surface area (Å²) < 4.78 is 34.5. The fourth-order valence-electron chi connectivity index (χ4n) is 3.89. The predicted molar refractivity (Wildman–Crippen MR) is 111 cm³/mol. The second-order valence-corrected chi connectivity index (χ2v) is 11.4. The summed E-state index contributed by atoms with van der Waals surface area (Å²) in [7, 11) is -3.56. The summed E-state index contributed by atoms with van der Waals surface area (Å²) in [4.78, 5) is 0. The molecule has 0 radical (unpaired) electrons. The summed E-state index contributed by atoms with van der Waals surface area (Å²) in [6, 6.07) is 7.26. The maximum Gasteiger partial charge on any atom is 0.271 e. The second-order valence-electron chi connectivity index (χ2n) is 8.51. The van der Waals surface area contributed by atoms with Crippen molar-refractivity contribution in [1.82, 2.24) is 0 Å². The molecule has 2 heterocycles. The van der Waals surface area contributed by atoms with E-state index in [0.717, 1.165) is 41.6 Å². The molecule has 3 aromatic rings. The van der Waals surface area contributed by atoms with Crippen LogP contribution in [0.5, 0.6) is 0 Å². The summed E-state index contributed by atoms with van der Waals surface area (Å²) in [5.74, 6) is 1.65. The van der Waals surface area contributed by atoms with Gasteiger partial charge in [-0.05, 0) is 60.2 Å². The number of fused-ring (bicyclic) bond motifs is 3. The molecule has 0 bridgehead atoms. The van der Waals surface area contributed by atoms with E-state index in [-0.39, 0.29) is 5.41 Å². The van der Waals surface area contributed by atoms with Crippen LogP contribution in [0.1, 0.15) is 44.1 Å². The normalized spacial score (nSPS) is 17.9. The lowest BCUT2D eigenvalue weighted by Crippen LogP contribution is -2.26. The van der Waals surface area contributed by atoms with Crippen molar-refractivity contribution in [1.29, 1.82) is 0 Å². The van der Waals surface area contributed by atoms with Crippen LogP contribution in [0, 0.1) is 18.3 Å². The van der Waals surface area contributed by atoms with Crippen LogP contribution in [-0.4, -0.2) is 8.42 Å². The van der Waals surface area contributed by atoms with Crippen LogP contribution >= 0.6 is 11.3 Å². The number of sulfonamides is 1. The Morgan fingerprint density at radius 3 is 2.70 bits per heavy atom. The van der Waals surface area contributed by atoms with E-state index in [1.807, 2.05) is 19.1 Å². The van der Waals surface area contributed by atoms with Gasteiger partial charge in [0.1, 0.15) is 15.6 Å².